The van der Waals surface area contributed by atoms with Crippen LogP contribution in [0.1, 0.15) is 38.3 Å². The fourth-order valence-electron chi connectivity index (χ4n) is 3.23. The van der Waals surface area contributed by atoms with Crippen LogP contribution in [0.5, 0.6) is 0 Å². The maximum absolute atomic E-state index is 9.44. The summed E-state index contributed by atoms with van der Waals surface area (Å²) in [5.41, 5.74) is 2.88. The summed E-state index contributed by atoms with van der Waals surface area (Å²) < 4.78 is 13.0. The number of aromatic nitrogens is 2. The quantitative estimate of drug-likeness (QED) is 0.413. The molecule has 2 heterocycles. The highest BCUT2D eigenvalue weighted by Gasteiger charge is 2.37. The highest BCUT2D eigenvalue weighted by molar-refractivity contribution is 9.10. The molecular weight excluding hydrogens is 498 g/mol. The zero-order valence-electron chi connectivity index (χ0n) is 20.3. The average molecular weight is 533 g/mol. The fraction of sp³-hybridized carbons (Fsp3) is 0.542. The first-order valence-electron chi connectivity index (χ1n) is 11.3. The molecule has 2 atom stereocenters. The minimum Gasteiger partial charge on any atom is -0.413 e. The van der Waals surface area contributed by atoms with Gasteiger partial charge in [-0.25, -0.2) is 4.98 Å². The Kier molecular flexibility index (Phi) is 8.16. The molecule has 0 amide bonds. The van der Waals surface area contributed by atoms with Crippen molar-refractivity contribution in [2.24, 2.45) is 5.92 Å². The van der Waals surface area contributed by atoms with Gasteiger partial charge < -0.3 is 19.8 Å². The molecule has 9 heteroatoms. The van der Waals surface area contributed by atoms with Crippen LogP contribution in [0.25, 0.3) is 0 Å². The summed E-state index contributed by atoms with van der Waals surface area (Å²) in [6.45, 7) is 14.8. The Labute approximate surface area is 206 Å². The molecule has 7 nitrogen and oxygen atoms in total. The third-order valence-electron chi connectivity index (χ3n) is 6.51. The molecule has 1 fully saturated rings. The van der Waals surface area contributed by atoms with E-state index < -0.39 is 8.32 Å². The van der Waals surface area contributed by atoms with Crippen molar-refractivity contribution in [1.82, 2.24) is 9.97 Å². The molecule has 33 heavy (non-hydrogen) atoms. The molecular formula is C24H34BrN5O2Si. The maximum atomic E-state index is 9.44. The van der Waals surface area contributed by atoms with E-state index in [2.05, 4.69) is 82.5 Å². The molecule has 0 spiro atoms. The Morgan fingerprint density at radius 3 is 2.79 bits per heavy atom. The topological polar surface area (TPSA) is 92.1 Å². The van der Waals surface area contributed by atoms with Gasteiger partial charge in [0.2, 0.25) is 5.95 Å². The number of hydrogen-bond acceptors (Lipinski definition) is 7. The molecule has 0 unspecified atom stereocenters. The molecule has 1 aliphatic rings. The number of hydrogen-bond donors (Lipinski definition) is 2. The van der Waals surface area contributed by atoms with Crippen molar-refractivity contribution >= 4 is 41.7 Å². The van der Waals surface area contributed by atoms with E-state index >= 15 is 0 Å². The van der Waals surface area contributed by atoms with Crippen LogP contribution in [0.4, 0.5) is 17.5 Å². The lowest BCUT2D eigenvalue weighted by molar-refractivity contribution is 0.0698. The van der Waals surface area contributed by atoms with Crippen molar-refractivity contribution < 1.29 is 9.16 Å². The lowest BCUT2D eigenvalue weighted by Crippen LogP contribution is -2.40. The van der Waals surface area contributed by atoms with Crippen LogP contribution in [0.15, 0.2) is 28.9 Å². The Bertz CT molecular complexity index is 1020. The average Bonchev–Trinajstić information content (AvgIpc) is 2.76. The maximum Gasteiger partial charge on any atom is 0.229 e. The first-order valence-corrected chi connectivity index (χ1v) is 15.0. The van der Waals surface area contributed by atoms with Crippen LogP contribution in [0.3, 0.4) is 0 Å². The Hall–Kier alpha value is -1.99. The van der Waals surface area contributed by atoms with Gasteiger partial charge in [0.25, 0.3) is 0 Å². The van der Waals surface area contributed by atoms with Gasteiger partial charge in [-0.15, -0.1) is 0 Å². The lowest BCUT2D eigenvalue weighted by atomic mass is 9.96. The highest BCUT2D eigenvalue weighted by Crippen LogP contribution is 2.37. The molecule has 1 saturated heterocycles. The summed E-state index contributed by atoms with van der Waals surface area (Å²) in [7, 11) is -1.85. The number of halogens is 1. The SMILES string of the molecule is Cc1cnc(Nc2ccc(Br)c(CO[Si](C)(C)C(C)(C)C)c2)nc1N[C@H]1COCC[C@@H]1C#N. The molecule has 178 valence electrons. The molecule has 1 aliphatic heterocycles. The van der Waals surface area contributed by atoms with E-state index in [9.17, 15) is 5.26 Å². The van der Waals surface area contributed by atoms with Crippen LogP contribution in [-0.4, -0.2) is 37.5 Å². The third kappa shape index (κ3) is 6.54. The number of rotatable bonds is 7. The number of nitrogens with zero attached hydrogens (tertiary/aromatic N) is 3. The number of ether oxygens (including phenoxy) is 1. The Morgan fingerprint density at radius 1 is 1.33 bits per heavy atom. The number of nitriles is 1. The molecule has 2 aromatic rings. The van der Waals surface area contributed by atoms with Gasteiger partial charge >= 0.3 is 0 Å². The molecule has 3 rings (SSSR count). The van der Waals surface area contributed by atoms with E-state index in [0.717, 1.165) is 27.7 Å². The molecule has 1 aromatic carbocycles. The van der Waals surface area contributed by atoms with E-state index in [0.29, 0.717) is 31.6 Å². The fourth-order valence-corrected chi connectivity index (χ4v) is 4.54. The number of anilines is 3. The molecule has 0 saturated carbocycles. The van der Waals surface area contributed by atoms with Gasteiger partial charge in [-0.1, -0.05) is 36.7 Å². The van der Waals surface area contributed by atoms with Crippen molar-refractivity contribution in [3.8, 4) is 6.07 Å². The van der Waals surface area contributed by atoms with Gasteiger partial charge in [-0.2, -0.15) is 10.2 Å². The second-order valence-electron chi connectivity index (χ2n) is 10.1. The zero-order chi connectivity index (χ0) is 24.2. The van der Waals surface area contributed by atoms with Crippen molar-refractivity contribution in [2.45, 2.75) is 64.9 Å². The van der Waals surface area contributed by atoms with Gasteiger partial charge in [0.1, 0.15) is 5.82 Å². The van der Waals surface area contributed by atoms with E-state index in [4.69, 9.17) is 9.16 Å². The van der Waals surface area contributed by atoms with Gasteiger partial charge in [0.05, 0.1) is 31.2 Å². The van der Waals surface area contributed by atoms with Gasteiger partial charge in [0, 0.05) is 28.5 Å². The normalized spacial score (nSPS) is 19.1. The lowest BCUT2D eigenvalue weighted by Gasteiger charge is -2.36. The second-order valence-corrected chi connectivity index (χ2v) is 15.7. The molecule has 0 aliphatic carbocycles. The van der Waals surface area contributed by atoms with Crippen molar-refractivity contribution in [3.63, 3.8) is 0 Å². The smallest absolute Gasteiger partial charge is 0.229 e. The van der Waals surface area contributed by atoms with Gasteiger partial charge in [-0.3, -0.25) is 0 Å². The van der Waals surface area contributed by atoms with Crippen molar-refractivity contribution in [2.75, 3.05) is 23.8 Å². The Balaban J connectivity index is 1.74. The van der Waals surface area contributed by atoms with E-state index in [1.165, 1.54) is 0 Å². The predicted octanol–water partition coefficient (Wildman–Crippen LogP) is 6.15. The third-order valence-corrected chi connectivity index (χ3v) is 11.8. The molecule has 1 aromatic heterocycles. The molecule has 2 N–H and O–H groups in total. The summed E-state index contributed by atoms with van der Waals surface area (Å²) in [6, 6.07) is 8.35. The van der Waals surface area contributed by atoms with Crippen LogP contribution >= 0.6 is 15.9 Å². The van der Waals surface area contributed by atoms with Crippen LogP contribution in [0.2, 0.25) is 18.1 Å². The number of nitrogens with one attached hydrogen (secondary N) is 2. The summed E-state index contributed by atoms with van der Waals surface area (Å²) in [4.78, 5) is 9.11. The van der Waals surface area contributed by atoms with E-state index in [1.807, 2.05) is 19.1 Å². The zero-order valence-corrected chi connectivity index (χ0v) is 22.9. The van der Waals surface area contributed by atoms with Crippen LogP contribution in [0, 0.1) is 24.2 Å². The monoisotopic (exact) mass is 531 g/mol. The summed E-state index contributed by atoms with van der Waals surface area (Å²) >= 11 is 3.65. The summed E-state index contributed by atoms with van der Waals surface area (Å²) in [5, 5.41) is 16.3. The second kappa shape index (κ2) is 10.5. The largest absolute Gasteiger partial charge is 0.413 e. The minimum atomic E-state index is -1.85. The predicted molar refractivity (Wildman–Crippen MR) is 138 cm³/mol. The highest BCUT2D eigenvalue weighted by atomic mass is 79.9. The van der Waals surface area contributed by atoms with Gasteiger partial charge in [-0.05, 0) is 55.2 Å². The standard InChI is InChI=1S/C24H34BrN5O2Si/c1-16-13-27-23(30-22(16)29-21-15-31-10-9-17(21)12-26)28-19-7-8-20(25)18(11-19)14-32-33(5,6)24(2,3)4/h7-8,11,13,17,21H,9-10,14-15H2,1-6H3,(H2,27,28,29,30)/t17-,21+/m1/s1. The van der Waals surface area contributed by atoms with Crippen LogP contribution in [-0.2, 0) is 15.8 Å². The van der Waals surface area contributed by atoms with E-state index in [-0.39, 0.29) is 17.0 Å². The summed E-state index contributed by atoms with van der Waals surface area (Å²) in [5.74, 6) is 1.10. The first-order chi connectivity index (χ1) is 15.5. The minimum absolute atomic E-state index is 0.0861. The molecule has 0 bridgehead atoms. The van der Waals surface area contributed by atoms with E-state index in [1.54, 1.807) is 6.20 Å². The first kappa shape index (κ1) is 25.6. The number of aryl methyl sites for hydroxylation is 1. The van der Waals surface area contributed by atoms with Crippen molar-refractivity contribution in [3.05, 3.63) is 40.0 Å². The van der Waals surface area contributed by atoms with Crippen LogP contribution < -0.4 is 10.6 Å². The molecule has 0 radical (unpaired) electrons. The van der Waals surface area contributed by atoms with Gasteiger partial charge in [0.15, 0.2) is 8.32 Å². The Morgan fingerprint density at radius 2 is 2.09 bits per heavy atom. The number of benzene rings is 1. The summed E-state index contributed by atoms with van der Waals surface area (Å²) in [6.07, 6.45) is 2.51. The van der Waals surface area contributed by atoms with Crippen molar-refractivity contribution in [1.29, 1.82) is 5.26 Å².